The van der Waals surface area contributed by atoms with Crippen LogP contribution in [-0.2, 0) is 44.1 Å². The average molecular weight is 947 g/mol. The zero-order valence-electron chi connectivity index (χ0n) is 41.0. The predicted molar refractivity (Wildman–Crippen MR) is 259 cm³/mol. The second-order valence-electron chi connectivity index (χ2n) is 18.3. The van der Waals surface area contributed by atoms with Gasteiger partial charge in [-0.1, -0.05) is 37.3 Å². The van der Waals surface area contributed by atoms with Crippen molar-refractivity contribution in [3.05, 3.63) is 106 Å². The molecule has 3 amide bonds. The van der Waals surface area contributed by atoms with Crippen LogP contribution in [0.2, 0.25) is 0 Å². The Hall–Kier alpha value is -6.55. The fourth-order valence-corrected chi connectivity index (χ4v) is 11.4. The molecule has 1 aromatic heterocycles. The number of methoxy groups -OCH3 is 5. The van der Waals surface area contributed by atoms with E-state index in [2.05, 4.69) is 50.9 Å². The number of amides is 3. The van der Waals surface area contributed by atoms with Crippen LogP contribution in [-0.4, -0.2) is 143 Å². The molecule has 1 aliphatic carbocycles. The van der Waals surface area contributed by atoms with Crippen LogP contribution in [0.3, 0.4) is 0 Å². The van der Waals surface area contributed by atoms with Gasteiger partial charge in [-0.05, 0) is 103 Å². The van der Waals surface area contributed by atoms with Crippen LogP contribution in [0.4, 0.5) is 10.5 Å². The molecule has 16 nitrogen and oxygen atoms in total. The normalized spacial score (nSPS) is 21.1. The number of ether oxygens (including phenoxy) is 6. The summed E-state index contributed by atoms with van der Waals surface area (Å²) in [6.45, 7) is 6.59. The molecule has 2 fully saturated rings. The number of esters is 1. The summed E-state index contributed by atoms with van der Waals surface area (Å²) in [5, 5.41) is 0. The Balaban J connectivity index is 1.17. The highest BCUT2D eigenvalue weighted by Gasteiger charge is 2.58. The van der Waals surface area contributed by atoms with Crippen LogP contribution in [0.25, 0.3) is 0 Å². The molecule has 1 saturated carbocycles. The van der Waals surface area contributed by atoms with Gasteiger partial charge in [-0.2, -0.15) is 0 Å². The van der Waals surface area contributed by atoms with Gasteiger partial charge in [-0.25, -0.2) is 14.6 Å². The van der Waals surface area contributed by atoms with Gasteiger partial charge < -0.3 is 48.0 Å². The zero-order valence-corrected chi connectivity index (χ0v) is 41.0. The van der Waals surface area contributed by atoms with Crippen molar-refractivity contribution in [1.29, 1.82) is 0 Å². The maximum Gasteiger partial charge on any atom is 0.409 e. The molecule has 1 saturated heterocycles. The quantitative estimate of drug-likeness (QED) is 0.126. The standard InChI is InChI=1S/C53H66N6O10/c1-8-56-22-16-36-29-44(64-3)46(66-5)32-40(36)49(56)42-28-38(50(61)58-26-24-57(25-27-58)39-15-20-54-43(31-39)51(62)68-7)14-19-53(42)41-33-47(67-6)45(65-4)30-37(41)17-23-59(53)48(60)18-21-55(2)52(63)69-34-35-12-10-9-11-13-35/h9-13,15,20,29-33,38,42,49H,8,14,16-19,21-28,34H2,1-7H3. The molecule has 368 valence electrons. The molecule has 0 bridgehead atoms. The number of carbonyl (C=O) groups excluding carboxylic acids is 4. The number of fused-ring (bicyclic) bond motifs is 3. The number of likely N-dealkylation sites (N-methyl/N-ethyl adjacent to an activating group) is 1. The number of carbonyl (C=O) groups is 4. The van der Waals surface area contributed by atoms with Crippen molar-refractivity contribution in [2.45, 2.75) is 63.6 Å². The topological polar surface area (TPSA) is 153 Å². The van der Waals surface area contributed by atoms with Crippen molar-refractivity contribution in [1.82, 2.24) is 24.6 Å². The maximum absolute atomic E-state index is 15.3. The average Bonchev–Trinajstić information content (AvgIpc) is 3.40. The molecule has 3 aliphatic heterocycles. The Morgan fingerprint density at radius 1 is 0.783 bits per heavy atom. The smallest absolute Gasteiger partial charge is 0.409 e. The number of pyridine rings is 1. The van der Waals surface area contributed by atoms with Gasteiger partial charge in [0.15, 0.2) is 23.0 Å². The first-order valence-corrected chi connectivity index (χ1v) is 24.0. The molecule has 4 aliphatic rings. The first kappa shape index (κ1) is 48.9. The van der Waals surface area contributed by atoms with Crippen LogP contribution in [0.15, 0.2) is 72.9 Å². The maximum atomic E-state index is 15.3. The molecule has 8 rings (SSSR count). The number of rotatable bonds is 14. The first-order valence-electron chi connectivity index (χ1n) is 24.0. The van der Waals surface area contributed by atoms with E-state index >= 15 is 9.59 Å². The summed E-state index contributed by atoms with van der Waals surface area (Å²) < 4.78 is 34.2. The third kappa shape index (κ3) is 9.72. The summed E-state index contributed by atoms with van der Waals surface area (Å²) in [6, 6.07) is 21.2. The molecule has 3 aromatic carbocycles. The van der Waals surface area contributed by atoms with E-state index in [1.807, 2.05) is 41.3 Å². The number of hydrogen-bond acceptors (Lipinski definition) is 13. The van der Waals surface area contributed by atoms with Gasteiger partial charge in [-0.15, -0.1) is 0 Å². The minimum absolute atomic E-state index is 0.0725. The fourth-order valence-electron chi connectivity index (χ4n) is 11.4. The molecule has 4 aromatic rings. The lowest BCUT2D eigenvalue weighted by Crippen LogP contribution is -2.63. The summed E-state index contributed by atoms with van der Waals surface area (Å²) in [5.74, 6) is 1.35. The number of benzene rings is 3. The SMILES string of the molecule is CCN1CCc2cc(OC)c(OC)cc2C1C1CC(C(=O)N2CCN(c3ccnc(C(=O)OC)c3)CC2)CCC12c1cc(OC)c(OC)cc1CCN2C(=O)CCN(C)C(=O)OCc1ccccc1. The van der Waals surface area contributed by atoms with E-state index in [0.717, 1.165) is 53.0 Å². The van der Waals surface area contributed by atoms with Gasteiger partial charge >= 0.3 is 12.1 Å². The van der Waals surface area contributed by atoms with Crippen LogP contribution in [0.1, 0.15) is 77.0 Å². The fraction of sp³-hybridized carbons (Fsp3) is 0.491. The highest BCUT2D eigenvalue weighted by molar-refractivity contribution is 5.88. The number of hydrogen-bond donors (Lipinski definition) is 0. The highest BCUT2D eigenvalue weighted by atomic mass is 16.6. The molecular formula is C53H66N6O10. The Morgan fingerprint density at radius 3 is 2.13 bits per heavy atom. The third-order valence-corrected chi connectivity index (χ3v) is 14.9. The van der Waals surface area contributed by atoms with E-state index < -0.39 is 17.6 Å². The molecule has 4 unspecified atom stereocenters. The van der Waals surface area contributed by atoms with E-state index in [1.54, 1.807) is 47.8 Å². The van der Waals surface area contributed by atoms with Crippen molar-refractivity contribution >= 4 is 29.6 Å². The van der Waals surface area contributed by atoms with E-state index in [0.29, 0.717) is 81.4 Å². The first-order chi connectivity index (χ1) is 33.5. The van der Waals surface area contributed by atoms with Crippen molar-refractivity contribution < 1.29 is 47.6 Å². The van der Waals surface area contributed by atoms with E-state index in [4.69, 9.17) is 28.4 Å². The third-order valence-electron chi connectivity index (χ3n) is 14.9. The molecule has 0 N–H and O–H groups in total. The molecule has 1 spiro atoms. The van der Waals surface area contributed by atoms with Gasteiger partial charge in [0.2, 0.25) is 11.8 Å². The lowest BCUT2D eigenvalue weighted by molar-refractivity contribution is -0.153. The van der Waals surface area contributed by atoms with Gasteiger partial charge in [0.25, 0.3) is 0 Å². The second-order valence-corrected chi connectivity index (χ2v) is 18.3. The predicted octanol–water partition coefficient (Wildman–Crippen LogP) is 6.53. The molecule has 69 heavy (non-hydrogen) atoms. The van der Waals surface area contributed by atoms with E-state index in [-0.39, 0.29) is 55.0 Å². The number of nitrogens with zero attached hydrogens (tertiary/aromatic N) is 6. The van der Waals surface area contributed by atoms with Crippen LogP contribution >= 0.6 is 0 Å². The number of aromatic nitrogens is 1. The van der Waals surface area contributed by atoms with E-state index in [1.165, 1.54) is 12.0 Å². The van der Waals surface area contributed by atoms with Gasteiger partial charge in [0.05, 0.1) is 41.1 Å². The second kappa shape index (κ2) is 21.4. The van der Waals surface area contributed by atoms with Crippen LogP contribution in [0.5, 0.6) is 23.0 Å². The minimum Gasteiger partial charge on any atom is -0.493 e. The van der Waals surface area contributed by atoms with Gasteiger partial charge in [0.1, 0.15) is 12.3 Å². The van der Waals surface area contributed by atoms with Gasteiger partial charge in [0, 0.05) is 89.0 Å². The molecule has 0 radical (unpaired) electrons. The van der Waals surface area contributed by atoms with Crippen LogP contribution < -0.4 is 23.8 Å². The van der Waals surface area contributed by atoms with E-state index in [9.17, 15) is 9.59 Å². The Labute approximate surface area is 405 Å². The minimum atomic E-state index is -0.898. The summed E-state index contributed by atoms with van der Waals surface area (Å²) >= 11 is 0. The number of anilines is 1. The van der Waals surface area contributed by atoms with Crippen LogP contribution in [0, 0.1) is 11.8 Å². The largest absolute Gasteiger partial charge is 0.493 e. The monoisotopic (exact) mass is 946 g/mol. The lowest BCUT2D eigenvalue weighted by atomic mass is 9.58. The summed E-state index contributed by atoms with van der Waals surface area (Å²) in [4.78, 5) is 70.4. The molecule has 16 heteroatoms. The van der Waals surface area contributed by atoms with Gasteiger partial charge in [-0.3, -0.25) is 14.5 Å². The van der Waals surface area contributed by atoms with Crippen molar-refractivity contribution in [3.8, 4) is 23.0 Å². The molecule has 4 atom stereocenters. The molecular weight excluding hydrogens is 881 g/mol. The van der Waals surface area contributed by atoms with Crippen molar-refractivity contribution in [3.63, 3.8) is 0 Å². The summed E-state index contributed by atoms with van der Waals surface area (Å²) in [6.07, 6.45) is 4.11. The number of piperazine rings is 1. The Bertz CT molecular complexity index is 2500. The van der Waals surface area contributed by atoms with Crippen molar-refractivity contribution in [2.75, 3.05) is 99.9 Å². The van der Waals surface area contributed by atoms with Crippen molar-refractivity contribution in [2.24, 2.45) is 11.8 Å². The highest BCUT2D eigenvalue weighted by Crippen LogP contribution is 2.59. The summed E-state index contributed by atoms with van der Waals surface area (Å²) in [7, 11) is 9.56. The molecule has 4 heterocycles. The Kier molecular flexibility index (Phi) is 15.2. The summed E-state index contributed by atoms with van der Waals surface area (Å²) in [5.41, 5.74) is 5.36. The Morgan fingerprint density at radius 2 is 1.45 bits per heavy atom. The lowest BCUT2D eigenvalue weighted by Gasteiger charge is -2.60. The zero-order chi connectivity index (χ0) is 48.8.